The predicted octanol–water partition coefficient (Wildman–Crippen LogP) is 5.47. The first kappa shape index (κ1) is 24.7. The summed E-state index contributed by atoms with van der Waals surface area (Å²) in [4.78, 5) is 22.8. The second-order valence-corrected chi connectivity index (χ2v) is 8.04. The van der Waals surface area contributed by atoms with Gasteiger partial charge in [-0.05, 0) is 88.3 Å². The molecule has 3 rings (SSSR count). The quantitative estimate of drug-likeness (QED) is 0.126. The number of nitriles is 1. The number of anilines is 1. The Balaban J connectivity index is 1.78. The summed E-state index contributed by atoms with van der Waals surface area (Å²) in [6.07, 6.45) is 1.41. The molecule has 34 heavy (non-hydrogen) atoms. The highest BCUT2D eigenvalue weighted by Gasteiger charge is 2.15. The van der Waals surface area contributed by atoms with Crippen LogP contribution in [0.5, 0.6) is 11.5 Å². The number of nitro groups is 1. The molecule has 0 bridgehead atoms. The highest BCUT2D eigenvalue weighted by Crippen LogP contribution is 2.35. The Morgan fingerprint density at radius 2 is 1.88 bits per heavy atom. The van der Waals surface area contributed by atoms with Gasteiger partial charge >= 0.3 is 0 Å². The molecule has 0 radical (unpaired) electrons. The molecule has 10 heteroatoms. The largest absolute Gasteiger partial charge is 0.493 e. The van der Waals surface area contributed by atoms with Crippen LogP contribution in [0.25, 0.3) is 6.08 Å². The molecule has 1 N–H and O–H groups in total. The lowest BCUT2D eigenvalue weighted by molar-refractivity contribution is -0.384. The fraction of sp³-hybridized carbons (Fsp3) is 0.0833. The van der Waals surface area contributed by atoms with Crippen LogP contribution in [0.3, 0.4) is 0 Å². The summed E-state index contributed by atoms with van der Waals surface area (Å²) in [6.45, 7) is 0.156. The van der Waals surface area contributed by atoms with Gasteiger partial charge in [-0.15, -0.1) is 0 Å². The molecule has 0 aromatic heterocycles. The van der Waals surface area contributed by atoms with Gasteiger partial charge in [0.15, 0.2) is 11.5 Å². The summed E-state index contributed by atoms with van der Waals surface area (Å²) in [5.41, 5.74) is 1.46. The topological polar surface area (TPSA) is 114 Å². The lowest BCUT2D eigenvalue weighted by Crippen LogP contribution is -2.13. The molecule has 0 atom stereocenters. The standard InChI is InChI=1S/C24H17FIN3O5/c1-33-22-12-16(10-17(13-27)24(30)28-19-6-4-18(25)5-7-19)11-21(26)23(22)34-14-15-2-8-20(9-3-15)29(31)32/h2-12H,14H2,1H3,(H,28,30)/b17-10-. The number of hydrogen-bond acceptors (Lipinski definition) is 6. The van der Waals surface area contributed by atoms with Crippen molar-refractivity contribution < 1.29 is 23.6 Å². The van der Waals surface area contributed by atoms with Crippen LogP contribution in [0, 0.1) is 30.8 Å². The smallest absolute Gasteiger partial charge is 0.269 e. The summed E-state index contributed by atoms with van der Waals surface area (Å²) >= 11 is 2.05. The third-order valence-corrected chi connectivity index (χ3v) is 5.36. The molecule has 0 saturated carbocycles. The molecule has 0 saturated heterocycles. The van der Waals surface area contributed by atoms with Gasteiger partial charge < -0.3 is 14.8 Å². The number of benzene rings is 3. The fourth-order valence-electron chi connectivity index (χ4n) is 2.88. The lowest BCUT2D eigenvalue weighted by Gasteiger charge is -2.14. The van der Waals surface area contributed by atoms with Gasteiger partial charge in [0.2, 0.25) is 0 Å². The number of rotatable bonds is 8. The highest BCUT2D eigenvalue weighted by molar-refractivity contribution is 14.1. The average Bonchev–Trinajstić information content (AvgIpc) is 2.83. The zero-order valence-corrected chi connectivity index (χ0v) is 19.9. The molecule has 0 unspecified atom stereocenters. The molecule has 1 amide bonds. The van der Waals surface area contributed by atoms with Crippen LogP contribution in [0.15, 0.2) is 66.2 Å². The van der Waals surface area contributed by atoms with Gasteiger partial charge in [-0.25, -0.2) is 4.39 Å². The third kappa shape index (κ3) is 6.29. The first-order valence-corrected chi connectivity index (χ1v) is 10.8. The van der Waals surface area contributed by atoms with Crippen molar-refractivity contribution in [3.8, 4) is 17.6 Å². The molecule has 3 aromatic rings. The van der Waals surface area contributed by atoms with Crippen molar-refractivity contribution >= 4 is 45.9 Å². The van der Waals surface area contributed by atoms with Crippen LogP contribution in [-0.4, -0.2) is 17.9 Å². The predicted molar refractivity (Wildman–Crippen MR) is 132 cm³/mol. The van der Waals surface area contributed by atoms with Gasteiger partial charge in [0.1, 0.15) is 24.1 Å². The molecule has 172 valence electrons. The van der Waals surface area contributed by atoms with E-state index in [0.717, 1.165) is 5.56 Å². The van der Waals surface area contributed by atoms with E-state index in [2.05, 4.69) is 5.32 Å². The van der Waals surface area contributed by atoms with Crippen molar-refractivity contribution in [2.75, 3.05) is 12.4 Å². The molecule has 0 aliphatic carbocycles. The monoisotopic (exact) mass is 573 g/mol. The van der Waals surface area contributed by atoms with Crippen LogP contribution >= 0.6 is 22.6 Å². The Morgan fingerprint density at radius 1 is 1.21 bits per heavy atom. The highest BCUT2D eigenvalue weighted by atomic mass is 127. The van der Waals surface area contributed by atoms with Crippen LogP contribution < -0.4 is 14.8 Å². The van der Waals surface area contributed by atoms with Gasteiger partial charge in [0.05, 0.1) is 15.6 Å². The second-order valence-electron chi connectivity index (χ2n) is 6.88. The maximum atomic E-state index is 13.1. The number of carbonyl (C=O) groups is 1. The Hall–Kier alpha value is -3.98. The van der Waals surface area contributed by atoms with Crippen molar-refractivity contribution in [3.63, 3.8) is 0 Å². The molecular weight excluding hydrogens is 556 g/mol. The summed E-state index contributed by atoms with van der Waals surface area (Å²) in [7, 11) is 1.46. The Morgan fingerprint density at radius 3 is 2.47 bits per heavy atom. The minimum Gasteiger partial charge on any atom is -0.493 e. The van der Waals surface area contributed by atoms with Gasteiger partial charge in [-0.2, -0.15) is 5.26 Å². The zero-order valence-electron chi connectivity index (χ0n) is 17.7. The van der Waals surface area contributed by atoms with Gasteiger partial charge in [-0.3, -0.25) is 14.9 Å². The Labute approximate surface area is 207 Å². The van der Waals surface area contributed by atoms with E-state index in [1.807, 2.05) is 28.7 Å². The third-order valence-electron chi connectivity index (χ3n) is 4.56. The summed E-state index contributed by atoms with van der Waals surface area (Å²) < 4.78 is 25.0. The molecule has 0 fully saturated rings. The molecule has 0 heterocycles. The van der Waals surface area contributed by atoms with Crippen molar-refractivity contribution in [2.24, 2.45) is 0 Å². The molecule has 0 spiro atoms. The number of nitrogens with zero attached hydrogens (tertiary/aromatic N) is 2. The van der Waals surface area contributed by atoms with E-state index in [4.69, 9.17) is 9.47 Å². The van der Waals surface area contributed by atoms with Gasteiger partial charge in [-0.1, -0.05) is 0 Å². The van der Waals surface area contributed by atoms with E-state index in [1.54, 1.807) is 24.3 Å². The minimum atomic E-state index is -0.637. The van der Waals surface area contributed by atoms with Crippen LogP contribution in [0.4, 0.5) is 15.8 Å². The van der Waals surface area contributed by atoms with Gasteiger partial charge in [0, 0.05) is 17.8 Å². The van der Waals surface area contributed by atoms with Crippen molar-refractivity contribution in [3.05, 3.63) is 96.9 Å². The number of nitro benzene ring substituents is 1. The first-order valence-electron chi connectivity index (χ1n) is 9.73. The molecule has 0 aliphatic rings. The summed E-state index contributed by atoms with van der Waals surface area (Å²) in [5.74, 6) is -0.239. The van der Waals surface area contributed by atoms with Crippen LogP contribution in [-0.2, 0) is 11.4 Å². The van der Waals surface area contributed by atoms with Crippen molar-refractivity contribution in [1.29, 1.82) is 5.26 Å². The lowest BCUT2D eigenvalue weighted by atomic mass is 10.1. The maximum absolute atomic E-state index is 13.1. The minimum absolute atomic E-state index is 0.0104. The van der Waals surface area contributed by atoms with Crippen molar-refractivity contribution in [1.82, 2.24) is 0 Å². The number of methoxy groups -OCH3 is 1. The number of nitrogens with one attached hydrogen (secondary N) is 1. The number of hydrogen-bond donors (Lipinski definition) is 1. The summed E-state index contributed by atoms with van der Waals surface area (Å²) in [5, 5.41) is 22.8. The SMILES string of the molecule is COc1cc(/C=C(/C#N)C(=O)Nc2ccc(F)cc2)cc(I)c1OCc1ccc([N+](=O)[O-])cc1. The van der Waals surface area contributed by atoms with E-state index < -0.39 is 16.6 Å². The number of halogens is 2. The van der Waals surface area contributed by atoms with Crippen LogP contribution in [0.2, 0.25) is 0 Å². The van der Waals surface area contributed by atoms with Gasteiger partial charge in [0.25, 0.3) is 11.6 Å². The zero-order chi connectivity index (χ0) is 24.7. The number of ether oxygens (including phenoxy) is 2. The van der Waals surface area contributed by atoms with Crippen LogP contribution in [0.1, 0.15) is 11.1 Å². The van der Waals surface area contributed by atoms with E-state index in [0.29, 0.717) is 26.3 Å². The van der Waals surface area contributed by atoms with Crippen molar-refractivity contribution in [2.45, 2.75) is 6.61 Å². The molecule has 0 aliphatic heterocycles. The molecule has 3 aromatic carbocycles. The Kier molecular flexibility index (Phi) is 8.15. The first-order chi connectivity index (χ1) is 16.3. The molecular formula is C24H17FIN3O5. The number of non-ortho nitro benzene ring substituents is 1. The summed E-state index contributed by atoms with van der Waals surface area (Å²) in [6, 6.07) is 16.4. The number of carbonyl (C=O) groups excluding carboxylic acids is 1. The second kappa shape index (κ2) is 11.2. The maximum Gasteiger partial charge on any atom is 0.269 e. The molecule has 8 nitrogen and oxygen atoms in total. The number of amides is 1. The van der Waals surface area contributed by atoms with E-state index >= 15 is 0 Å². The fourth-order valence-corrected chi connectivity index (χ4v) is 3.66. The Bertz CT molecular complexity index is 1290. The van der Waals surface area contributed by atoms with E-state index in [1.165, 1.54) is 49.6 Å². The normalized spacial score (nSPS) is 10.8. The van der Waals surface area contributed by atoms with E-state index in [-0.39, 0.29) is 17.9 Å². The van der Waals surface area contributed by atoms with E-state index in [9.17, 15) is 24.6 Å². The average molecular weight is 573 g/mol.